The Kier molecular flexibility index (Phi) is 7.14. The molecule has 2 heterocycles. The molecule has 9 heteroatoms. The number of aromatic nitrogens is 3. The highest BCUT2D eigenvalue weighted by atomic mass is 32.2. The van der Waals surface area contributed by atoms with Crippen LogP contribution in [-0.2, 0) is 14.6 Å². The van der Waals surface area contributed by atoms with Gasteiger partial charge in [-0.1, -0.05) is 48.9 Å². The van der Waals surface area contributed by atoms with Crippen LogP contribution >= 0.6 is 0 Å². The SMILES string of the molecule is COC[C@@H](c1ccccc1)n1c(C2CCC2)nc(=O)c(S(=O)(=O)c2ccc(-c3ccncc3C)cc2)c1O. The smallest absolute Gasteiger partial charge is 0.296 e. The Morgan fingerprint density at radius 3 is 2.39 bits per heavy atom. The lowest BCUT2D eigenvalue weighted by atomic mass is 9.84. The van der Waals surface area contributed by atoms with Crippen molar-refractivity contribution < 1.29 is 18.3 Å². The average Bonchev–Trinajstić information content (AvgIpc) is 2.88. The Hall–Kier alpha value is -3.82. The number of aromatic hydroxyl groups is 1. The van der Waals surface area contributed by atoms with Gasteiger partial charge in [0.15, 0.2) is 4.90 Å². The third kappa shape index (κ3) is 4.63. The molecule has 0 saturated heterocycles. The van der Waals surface area contributed by atoms with Gasteiger partial charge in [0, 0.05) is 25.4 Å². The van der Waals surface area contributed by atoms with E-state index >= 15 is 0 Å². The summed E-state index contributed by atoms with van der Waals surface area (Å²) >= 11 is 0. The molecule has 196 valence electrons. The molecule has 0 amide bonds. The normalized spacial score (nSPS) is 14.7. The van der Waals surface area contributed by atoms with Crippen LogP contribution in [0.15, 0.2) is 87.6 Å². The van der Waals surface area contributed by atoms with Gasteiger partial charge in [0.2, 0.25) is 15.7 Å². The molecule has 0 radical (unpaired) electrons. The van der Waals surface area contributed by atoms with E-state index < -0.39 is 32.2 Å². The van der Waals surface area contributed by atoms with Crippen LogP contribution in [0, 0.1) is 6.92 Å². The highest BCUT2D eigenvalue weighted by molar-refractivity contribution is 7.91. The number of hydrogen-bond acceptors (Lipinski definition) is 7. The Labute approximate surface area is 221 Å². The second-order valence-electron chi connectivity index (χ2n) is 9.53. The van der Waals surface area contributed by atoms with Gasteiger partial charge in [-0.15, -0.1) is 0 Å². The van der Waals surface area contributed by atoms with Crippen molar-refractivity contribution in [2.24, 2.45) is 0 Å². The molecule has 5 rings (SSSR count). The Morgan fingerprint density at radius 1 is 1.08 bits per heavy atom. The molecule has 0 aliphatic heterocycles. The molecule has 0 bridgehead atoms. The molecular formula is C29H29N3O5S. The van der Waals surface area contributed by atoms with Crippen molar-refractivity contribution >= 4 is 9.84 Å². The maximum Gasteiger partial charge on any atom is 0.296 e. The van der Waals surface area contributed by atoms with E-state index in [0.717, 1.165) is 41.5 Å². The summed E-state index contributed by atoms with van der Waals surface area (Å²) < 4.78 is 34.5. The van der Waals surface area contributed by atoms with Gasteiger partial charge in [-0.25, -0.2) is 8.42 Å². The molecule has 1 aliphatic carbocycles. The number of benzene rings is 2. The predicted octanol–water partition coefficient (Wildman–Crippen LogP) is 4.66. The number of ether oxygens (including phenoxy) is 1. The van der Waals surface area contributed by atoms with Crippen molar-refractivity contribution in [2.75, 3.05) is 13.7 Å². The topological polar surface area (TPSA) is 111 Å². The van der Waals surface area contributed by atoms with Gasteiger partial charge < -0.3 is 9.84 Å². The number of pyridine rings is 1. The molecule has 1 atom stereocenters. The van der Waals surface area contributed by atoms with E-state index in [1.807, 2.05) is 43.3 Å². The standard InChI is InChI=1S/C29H29N3O5S/c1-19-17-30-16-15-24(19)20-11-13-23(14-12-20)38(35,36)26-28(33)31-27(22-9-6-10-22)32(29(26)34)25(18-37-2)21-7-4-3-5-8-21/h3-5,7-8,11-17,22,25,34H,6,9-10,18H2,1-2H3/t25-/m0/s1. The number of rotatable bonds is 8. The van der Waals surface area contributed by atoms with Crippen LogP contribution in [0.2, 0.25) is 0 Å². The lowest BCUT2D eigenvalue weighted by Crippen LogP contribution is -2.31. The van der Waals surface area contributed by atoms with E-state index in [1.54, 1.807) is 24.5 Å². The van der Waals surface area contributed by atoms with Gasteiger partial charge in [0.25, 0.3) is 5.56 Å². The van der Waals surface area contributed by atoms with Gasteiger partial charge in [0.1, 0.15) is 5.82 Å². The van der Waals surface area contributed by atoms with Crippen LogP contribution < -0.4 is 5.56 Å². The fourth-order valence-corrected chi connectivity index (χ4v) is 6.25. The van der Waals surface area contributed by atoms with Gasteiger partial charge in [-0.2, -0.15) is 4.98 Å². The molecule has 1 N–H and O–H groups in total. The Bertz CT molecular complexity index is 1610. The molecule has 0 unspecified atom stereocenters. The zero-order chi connectivity index (χ0) is 26.9. The van der Waals surface area contributed by atoms with Crippen molar-refractivity contribution in [3.05, 3.63) is 100 Å². The largest absolute Gasteiger partial charge is 0.493 e. The summed E-state index contributed by atoms with van der Waals surface area (Å²) in [5.41, 5.74) is 2.53. The first-order valence-corrected chi connectivity index (χ1v) is 14.0. The number of aryl methyl sites for hydroxylation is 1. The fraction of sp³-hybridized carbons (Fsp3) is 0.276. The van der Waals surface area contributed by atoms with E-state index in [0.29, 0.717) is 5.82 Å². The molecule has 1 fully saturated rings. The maximum atomic E-state index is 13.8. The molecule has 38 heavy (non-hydrogen) atoms. The van der Waals surface area contributed by atoms with Crippen LogP contribution in [0.3, 0.4) is 0 Å². The van der Waals surface area contributed by atoms with Crippen molar-refractivity contribution in [3.8, 4) is 17.0 Å². The van der Waals surface area contributed by atoms with Crippen molar-refractivity contribution in [2.45, 2.75) is 47.9 Å². The lowest BCUT2D eigenvalue weighted by molar-refractivity contribution is 0.159. The summed E-state index contributed by atoms with van der Waals surface area (Å²) in [7, 11) is -2.86. The molecule has 2 aromatic carbocycles. The van der Waals surface area contributed by atoms with Gasteiger partial charge in [-0.05, 0) is 60.2 Å². The summed E-state index contributed by atoms with van der Waals surface area (Å²) in [6, 6.07) is 16.9. The fourth-order valence-electron chi connectivity index (χ4n) is 4.90. The van der Waals surface area contributed by atoms with Gasteiger partial charge >= 0.3 is 0 Å². The number of methoxy groups -OCH3 is 1. The molecule has 2 aromatic heterocycles. The minimum atomic E-state index is -4.39. The van der Waals surface area contributed by atoms with Crippen LogP contribution in [0.25, 0.3) is 11.1 Å². The van der Waals surface area contributed by atoms with Crippen LogP contribution in [-0.4, -0.2) is 41.8 Å². The highest BCUT2D eigenvalue weighted by Gasteiger charge is 2.35. The van der Waals surface area contributed by atoms with Crippen LogP contribution in [0.4, 0.5) is 0 Å². The first kappa shape index (κ1) is 25.8. The van der Waals surface area contributed by atoms with E-state index in [4.69, 9.17) is 4.74 Å². The molecule has 1 aliphatic rings. The van der Waals surface area contributed by atoms with E-state index in [9.17, 15) is 18.3 Å². The minimum absolute atomic E-state index is 0.0451. The lowest BCUT2D eigenvalue weighted by Gasteiger charge is -2.32. The van der Waals surface area contributed by atoms with Gasteiger partial charge in [-0.3, -0.25) is 14.3 Å². The molecule has 0 spiro atoms. The van der Waals surface area contributed by atoms with Gasteiger partial charge in [0.05, 0.1) is 17.5 Å². The van der Waals surface area contributed by atoms with Crippen LogP contribution in [0.5, 0.6) is 5.88 Å². The van der Waals surface area contributed by atoms with Crippen molar-refractivity contribution in [1.82, 2.24) is 14.5 Å². The second kappa shape index (κ2) is 10.5. The summed E-state index contributed by atoms with van der Waals surface area (Å²) in [6.45, 7) is 2.08. The van der Waals surface area contributed by atoms with E-state index in [1.165, 1.54) is 23.8 Å². The number of hydrogen-bond donors (Lipinski definition) is 1. The first-order chi connectivity index (χ1) is 18.3. The quantitative estimate of drug-likeness (QED) is 0.352. The zero-order valence-electron chi connectivity index (χ0n) is 21.2. The first-order valence-electron chi connectivity index (χ1n) is 12.5. The summed E-state index contributed by atoms with van der Waals surface area (Å²) in [4.78, 5) is 20.7. The third-order valence-electron chi connectivity index (χ3n) is 7.14. The third-order valence-corrected chi connectivity index (χ3v) is 8.93. The zero-order valence-corrected chi connectivity index (χ0v) is 22.1. The van der Waals surface area contributed by atoms with E-state index in [2.05, 4.69) is 9.97 Å². The molecule has 1 saturated carbocycles. The van der Waals surface area contributed by atoms with Crippen molar-refractivity contribution in [1.29, 1.82) is 0 Å². The molecular weight excluding hydrogens is 502 g/mol. The second-order valence-corrected chi connectivity index (χ2v) is 11.4. The molecule has 8 nitrogen and oxygen atoms in total. The molecule has 4 aromatic rings. The van der Waals surface area contributed by atoms with E-state index in [-0.39, 0.29) is 17.4 Å². The average molecular weight is 532 g/mol. The Balaban J connectivity index is 1.66. The highest BCUT2D eigenvalue weighted by Crippen LogP contribution is 2.40. The van der Waals surface area contributed by atoms with Crippen molar-refractivity contribution in [3.63, 3.8) is 0 Å². The minimum Gasteiger partial charge on any atom is -0.493 e. The number of sulfone groups is 1. The Morgan fingerprint density at radius 2 is 1.79 bits per heavy atom. The number of nitrogens with zero attached hydrogens (tertiary/aromatic N) is 3. The summed E-state index contributed by atoms with van der Waals surface area (Å²) in [5.74, 6) is -0.282. The van der Waals surface area contributed by atoms with Crippen LogP contribution in [0.1, 0.15) is 48.2 Å². The predicted molar refractivity (Wildman–Crippen MR) is 143 cm³/mol. The summed E-state index contributed by atoms with van der Waals surface area (Å²) in [6.07, 6.45) is 6.00. The monoisotopic (exact) mass is 531 g/mol. The maximum absolute atomic E-state index is 13.8. The summed E-state index contributed by atoms with van der Waals surface area (Å²) in [5, 5.41) is 11.5.